The lowest BCUT2D eigenvalue weighted by Gasteiger charge is -2.38. The van der Waals surface area contributed by atoms with Crippen molar-refractivity contribution >= 4 is 21.6 Å². The monoisotopic (exact) mass is 391 g/mol. The van der Waals surface area contributed by atoms with Crippen molar-refractivity contribution in [3.63, 3.8) is 0 Å². The molecule has 144 valence electrons. The number of primary sulfonamides is 1. The van der Waals surface area contributed by atoms with Crippen molar-refractivity contribution in [2.75, 3.05) is 24.5 Å². The second-order valence-electron chi connectivity index (χ2n) is 6.63. The van der Waals surface area contributed by atoms with Crippen molar-refractivity contribution in [2.45, 2.75) is 42.8 Å². The minimum absolute atomic E-state index is 0.118. The van der Waals surface area contributed by atoms with Crippen LogP contribution in [0.15, 0.2) is 23.1 Å². The van der Waals surface area contributed by atoms with Gasteiger partial charge in [-0.1, -0.05) is 0 Å². The van der Waals surface area contributed by atoms with Gasteiger partial charge in [0.25, 0.3) is 0 Å². The maximum atomic E-state index is 13.3. The molecule has 2 aliphatic heterocycles. The van der Waals surface area contributed by atoms with E-state index in [1.165, 1.54) is 6.07 Å². The van der Waals surface area contributed by atoms with Crippen molar-refractivity contribution in [3.05, 3.63) is 23.8 Å². The second-order valence-corrected chi connectivity index (χ2v) is 8.16. The summed E-state index contributed by atoms with van der Waals surface area (Å²) in [5, 5.41) is 4.91. The third-order valence-corrected chi connectivity index (χ3v) is 5.92. The third-order valence-electron chi connectivity index (χ3n) is 4.96. The number of amides is 1. The van der Waals surface area contributed by atoms with Gasteiger partial charge in [0.15, 0.2) is 0 Å². The van der Waals surface area contributed by atoms with Gasteiger partial charge in [-0.2, -0.15) is 13.2 Å². The highest BCUT2D eigenvalue weighted by atomic mass is 32.2. The summed E-state index contributed by atoms with van der Waals surface area (Å²) in [4.78, 5) is 14.5. The zero-order valence-corrected chi connectivity index (χ0v) is 14.8. The number of carbonyl (C=O) groups excluding carboxylic acids is 1. The van der Waals surface area contributed by atoms with Crippen LogP contribution in [0.3, 0.4) is 0 Å². The normalized spacial score (nSPS) is 20.1. The molecule has 0 spiro atoms. The van der Waals surface area contributed by atoms with Gasteiger partial charge in [-0.05, 0) is 37.5 Å². The molecule has 1 aromatic rings. The Morgan fingerprint density at radius 1 is 1.12 bits per heavy atom. The van der Waals surface area contributed by atoms with E-state index in [9.17, 15) is 26.4 Å². The van der Waals surface area contributed by atoms with Crippen molar-refractivity contribution in [2.24, 2.45) is 5.14 Å². The molecule has 26 heavy (non-hydrogen) atoms. The predicted octanol–water partition coefficient (Wildman–Crippen LogP) is 1.94. The molecule has 1 amide bonds. The highest BCUT2D eigenvalue weighted by Gasteiger charge is 2.37. The van der Waals surface area contributed by atoms with Gasteiger partial charge in [-0.25, -0.2) is 13.6 Å². The van der Waals surface area contributed by atoms with Crippen LogP contribution in [0.1, 0.15) is 31.2 Å². The molecule has 1 aromatic carbocycles. The number of likely N-dealkylation sites (tertiary alicyclic amines) is 1. The van der Waals surface area contributed by atoms with E-state index in [0.29, 0.717) is 38.0 Å². The largest absolute Gasteiger partial charge is 0.417 e. The molecule has 2 N–H and O–H groups in total. The molecule has 6 nitrogen and oxygen atoms in total. The Kier molecular flexibility index (Phi) is 4.91. The topological polar surface area (TPSA) is 83.7 Å². The summed E-state index contributed by atoms with van der Waals surface area (Å²) >= 11 is 0. The summed E-state index contributed by atoms with van der Waals surface area (Å²) in [5.41, 5.74) is -0.953. The van der Waals surface area contributed by atoms with Gasteiger partial charge in [-0.15, -0.1) is 0 Å². The van der Waals surface area contributed by atoms with Crippen LogP contribution in [-0.2, 0) is 21.0 Å². The van der Waals surface area contributed by atoms with Crippen LogP contribution in [0.5, 0.6) is 0 Å². The van der Waals surface area contributed by atoms with Crippen molar-refractivity contribution < 1.29 is 26.4 Å². The minimum Gasteiger partial charge on any atom is -0.371 e. The number of hydrogen-bond donors (Lipinski definition) is 1. The number of hydrogen-bond acceptors (Lipinski definition) is 4. The SMILES string of the molecule is NS(=O)(=O)c1ccc(N2CCC(N3CCCC3=O)CC2)cc1C(F)(F)F. The Bertz CT molecular complexity index is 803. The molecule has 2 heterocycles. The number of piperidine rings is 1. The summed E-state index contributed by atoms with van der Waals surface area (Å²) in [6, 6.07) is 3.20. The number of carbonyl (C=O) groups is 1. The van der Waals surface area contributed by atoms with E-state index in [-0.39, 0.29) is 11.9 Å². The molecule has 0 atom stereocenters. The third kappa shape index (κ3) is 3.80. The van der Waals surface area contributed by atoms with Crippen LogP contribution >= 0.6 is 0 Å². The Hall–Kier alpha value is -1.81. The molecule has 0 radical (unpaired) electrons. The van der Waals surface area contributed by atoms with Crippen LogP contribution < -0.4 is 10.0 Å². The minimum atomic E-state index is -4.82. The Morgan fingerprint density at radius 3 is 2.27 bits per heavy atom. The summed E-state index contributed by atoms with van der Waals surface area (Å²) in [6.07, 6.45) is -2.07. The van der Waals surface area contributed by atoms with E-state index in [2.05, 4.69) is 0 Å². The first-order valence-electron chi connectivity index (χ1n) is 8.36. The zero-order valence-electron chi connectivity index (χ0n) is 14.0. The lowest BCUT2D eigenvalue weighted by molar-refractivity contribution is -0.139. The number of halogens is 3. The molecule has 0 saturated carbocycles. The predicted molar refractivity (Wildman–Crippen MR) is 89.0 cm³/mol. The van der Waals surface area contributed by atoms with Gasteiger partial charge in [0.2, 0.25) is 15.9 Å². The van der Waals surface area contributed by atoms with Crippen molar-refractivity contribution in [3.8, 4) is 0 Å². The number of nitrogens with zero attached hydrogens (tertiary/aromatic N) is 2. The highest BCUT2D eigenvalue weighted by molar-refractivity contribution is 7.89. The van der Waals surface area contributed by atoms with Gasteiger partial charge >= 0.3 is 6.18 Å². The van der Waals surface area contributed by atoms with Gasteiger partial charge in [0.05, 0.1) is 10.5 Å². The molecule has 2 fully saturated rings. The van der Waals surface area contributed by atoms with E-state index in [0.717, 1.165) is 25.1 Å². The quantitative estimate of drug-likeness (QED) is 0.854. The summed E-state index contributed by atoms with van der Waals surface area (Å²) in [5.74, 6) is 0.139. The van der Waals surface area contributed by atoms with E-state index >= 15 is 0 Å². The molecular weight excluding hydrogens is 371 g/mol. The van der Waals surface area contributed by atoms with Gasteiger partial charge in [0.1, 0.15) is 0 Å². The maximum Gasteiger partial charge on any atom is 0.417 e. The average molecular weight is 391 g/mol. The lowest BCUT2D eigenvalue weighted by atomic mass is 10.0. The molecule has 2 aliphatic rings. The van der Waals surface area contributed by atoms with Crippen molar-refractivity contribution in [1.82, 2.24) is 4.90 Å². The summed E-state index contributed by atoms with van der Waals surface area (Å²) in [7, 11) is -4.47. The van der Waals surface area contributed by atoms with Crippen LogP contribution in [-0.4, -0.2) is 44.9 Å². The fourth-order valence-corrected chi connectivity index (χ4v) is 4.41. The number of rotatable bonds is 3. The van der Waals surface area contributed by atoms with Crippen LogP contribution in [0.4, 0.5) is 18.9 Å². The molecule has 0 unspecified atom stereocenters. The summed E-state index contributed by atoms with van der Waals surface area (Å²) < 4.78 is 62.6. The number of alkyl halides is 3. The molecular formula is C16H20F3N3O3S. The first-order chi connectivity index (χ1) is 12.1. The fraction of sp³-hybridized carbons (Fsp3) is 0.562. The average Bonchev–Trinajstić information content (AvgIpc) is 2.99. The fourth-order valence-electron chi connectivity index (χ4n) is 3.68. The maximum absolute atomic E-state index is 13.3. The Labute approximate surface area is 149 Å². The highest BCUT2D eigenvalue weighted by Crippen LogP contribution is 2.37. The first kappa shape index (κ1) is 19.0. The van der Waals surface area contributed by atoms with Crippen molar-refractivity contribution in [1.29, 1.82) is 0 Å². The van der Waals surface area contributed by atoms with Crippen LogP contribution in [0, 0.1) is 0 Å². The molecule has 2 saturated heterocycles. The molecule has 0 aromatic heterocycles. The van der Waals surface area contributed by atoms with E-state index in [4.69, 9.17) is 5.14 Å². The molecule has 0 bridgehead atoms. The summed E-state index contributed by atoms with van der Waals surface area (Å²) in [6.45, 7) is 1.74. The standard InChI is InChI=1S/C16H20F3N3O3S/c17-16(18,19)13-10-12(3-4-14(13)26(20,24)25)21-8-5-11(6-9-21)22-7-1-2-15(22)23/h3-4,10-11H,1-2,5-9H2,(H2,20,24,25). The number of sulfonamides is 1. The van der Waals surface area contributed by atoms with Gasteiger partial charge < -0.3 is 9.80 Å². The van der Waals surface area contributed by atoms with Crippen LogP contribution in [0.25, 0.3) is 0 Å². The first-order valence-corrected chi connectivity index (χ1v) is 9.90. The number of nitrogens with two attached hydrogens (primary N) is 1. The van der Waals surface area contributed by atoms with E-state index in [1.807, 2.05) is 4.90 Å². The van der Waals surface area contributed by atoms with E-state index < -0.39 is 26.7 Å². The Balaban J connectivity index is 1.79. The lowest BCUT2D eigenvalue weighted by Crippen LogP contribution is -2.45. The number of anilines is 1. The molecule has 10 heteroatoms. The smallest absolute Gasteiger partial charge is 0.371 e. The van der Waals surface area contributed by atoms with E-state index in [1.54, 1.807) is 4.90 Å². The number of benzene rings is 1. The Morgan fingerprint density at radius 2 is 1.77 bits per heavy atom. The van der Waals surface area contributed by atoms with Crippen LogP contribution in [0.2, 0.25) is 0 Å². The molecule has 3 rings (SSSR count). The van der Waals surface area contributed by atoms with Gasteiger partial charge in [-0.3, -0.25) is 4.79 Å². The molecule has 0 aliphatic carbocycles. The zero-order chi connectivity index (χ0) is 19.1. The van der Waals surface area contributed by atoms with Gasteiger partial charge in [0, 0.05) is 37.8 Å². The second kappa shape index (κ2) is 6.73.